The molecule has 9 nitrogen and oxygen atoms in total. The number of aromatic nitrogens is 1. The molecule has 1 aromatic carbocycles. The van der Waals surface area contributed by atoms with Crippen molar-refractivity contribution in [2.24, 2.45) is 0 Å². The van der Waals surface area contributed by atoms with Gasteiger partial charge in [-0.15, -0.1) is 0 Å². The van der Waals surface area contributed by atoms with Gasteiger partial charge < -0.3 is 29.7 Å². The minimum atomic E-state index is -0.984. The lowest BCUT2D eigenvalue weighted by atomic mass is 10.1. The molecule has 164 valence electrons. The van der Waals surface area contributed by atoms with E-state index in [-0.39, 0.29) is 38.2 Å². The van der Waals surface area contributed by atoms with Crippen LogP contribution < -0.4 is 15.0 Å². The third-order valence-corrected chi connectivity index (χ3v) is 5.27. The number of fused-ring (bicyclic) bond motifs is 1. The first-order valence-electron chi connectivity index (χ1n) is 10.0. The number of rotatable bonds is 4. The van der Waals surface area contributed by atoms with Gasteiger partial charge in [-0.2, -0.15) is 4.98 Å². The zero-order valence-electron chi connectivity index (χ0n) is 16.8. The third kappa shape index (κ3) is 4.96. The smallest absolute Gasteiger partial charge is 0.407 e. The van der Waals surface area contributed by atoms with Gasteiger partial charge in [-0.05, 0) is 11.6 Å². The second-order valence-electron chi connectivity index (χ2n) is 7.43. The van der Waals surface area contributed by atoms with Crippen LogP contribution in [0.4, 0.5) is 19.8 Å². The fraction of sp³-hybridized carbons (Fsp3) is 0.381. The molecular formula is C21H23FN4O5. The minimum absolute atomic E-state index is 0.150. The van der Waals surface area contributed by atoms with Crippen molar-refractivity contribution in [3.05, 3.63) is 53.3 Å². The van der Waals surface area contributed by atoms with Gasteiger partial charge in [0.05, 0.1) is 6.04 Å². The Morgan fingerprint density at radius 1 is 1.23 bits per heavy atom. The number of halogens is 1. The molecule has 0 radical (unpaired) electrons. The topological polar surface area (TPSA) is 104 Å². The Morgan fingerprint density at radius 3 is 2.68 bits per heavy atom. The molecule has 1 aromatic heterocycles. The molecule has 31 heavy (non-hydrogen) atoms. The maximum absolute atomic E-state index is 14.7. The zero-order chi connectivity index (χ0) is 21.8. The van der Waals surface area contributed by atoms with Gasteiger partial charge in [0, 0.05) is 38.2 Å². The van der Waals surface area contributed by atoms with E-state index in [2.05, 4.69) is 10.3 Å². The molecule has 4 rings (SSSR count). The second kappa shape index (κ2) is 9.07. The first-order valence-corrected chi connectivity index (χ1v) is 10.0. The Bertz CT molecular complexity index is 950. The Hall–Kier alpha value is -3.56. The van der Waals surface area contributed by atoms with Crippen LogP contribution in [0.2, 0.25) is 0 Å². The van der Waals surface area contributed by atoms with Crippen LogP contribution >= 0.6 is 0 Å². The number of pyridine rings is 1. The third-order valence-electron chi connectivity index (χ3n) is 5.27. The summed E-state index contributed by atoms with van der Waals surface area (Å²) in [5.74, 6) is -0.0244. The van der Waals surface area contributed by atoms with Gasteiger partial charge >= 0.3 is 12.2 Å². The molecule has 2 aromatic rings. The van der Waals surface area contributed by atoms with E-state index in [0.717, 1.165) is 5.56 Å². The first kappa shape index (κ1) is 20.7. The van der Waals surface area contributed by atoms with Crippen molar-refractivity contribution < 1.29 is 28.6 Å². The number of hydrogen-bond donors (Lipinski definition) is 2. The van der Waals surface area contributed by atoms with E-state index in [9.17, 15) is 14.0 Å². The van der Waals surface area contributed by atoms with Crippen molar-refractivity contribution in [1.82, 2.24) is 15.2 Å². The van der Waals surface area contributed by atoms with E-state index in [0.29, 0.717) is 31.0 Å². The molecule has 2 aliphatic rings. The van der Waals surface area contributed by atoms with E-state index in [1.54, 1.807) is 4.90 Å². The minimum Gasteiger partial charge on any atom is -0.475 e. The summed E-state index contributed by atoms with van der Waals surface area (Å²) in [6.07, 6.45) is -1.18. The van der Waals surface area contributed by atoms with E-state index < -0.39 is 18.0 Å². The molecule has 1 fully saturated rings. The molecule has 0 saturated carbocycles. The highest BCUT2D eigenvalue weighted by atomic mass is 19.1. The SMILES string of the molecule is O=C(NC1COc2nc(N3CCN(C(=O)O)CC3)c(F)cc2C1)OCc1ccccc1. The number of hydrogen-bond acceptors (Lipinski definition) is 6. The molecule has 0 bridgehead atoms. The van der Waals surface area contributed by atoms with E-state index >= 15 is 0 Å². The molecule has 1 unspecified atom stereocenters. The Morgan fingerprint density at radius 2 is 1.97 bits per heavy atom. The average Bonchev–Trinajstić information content (AvgIpc) is 2.78. The lowest BCUT2D eigenvalue weighted by molar-refractivity contribution is 0.128. The fourth-order valence-electron chi connectivity index (χ4n) is 3.63. The van der Waals surface area contributed by atoms with Crippen LogP contribution in [0.15, 0.2) is 36.4 Å². The highest BCUT2D eigenvalue weighted by molar-refractivity contribution is 5.68. The van der Waals surface area contributed by atoms with Crippen LogP contribution in [0.3, 0.4) is 0 Å². The van der Waals surface area contributed by atoms with Gasteiger partial charge in [0.1, 0.15) is 13.2 Å². The van der Waals surface area contributed by atoms with Gasteiger partial charge in [0.15, 0.2) is 11.6 Å². The highest BCUT2D eigenvalue weighted by Crippen LogP contribution is 2.29. The number of benzene rings is 1. The Labute approximate surface area is 178 Å². The fourth-order valence-corrected chi connectivity index (χ4v) is 3.63. The summed E-state index contributed by atoms with van der Waals surface area (Å²) >= 11 is 0. The monoisotopic (exact) mass is 430 g/mol. The molecular weight excluding hydrogens is 407 g/mol. The van der Waals surface area contributed by atoms with Gasteiger partial charge in [-0.3, -0.25) is 0 Å². The van der Waals surface area contributed by atoms with Gasteiger partial charge in [-0.1, -0.05) is 30.3 Å². The predicted molar refractivity (Wildman–Crippen MR) is 109 cm³/mol. The number of carbonyl (C=O) groups excluding carboxylic acids is 1. The summed E-state index contributed by atoms with van der Waals surface area (Å²) in [5.41, 5.74) is 1.44. The van der Waals surface area contributed by atoms with Crippen molar-refractivity contribution in [1.29, 1.82) is 0 Å². The number of nitrogens with zero attached hydrogens (tertiary/aromatic N) is 3. The molecule has 0 spiro atoms. The molecule has 1 atom stereocenters. The van der Waals surface area contributed by atoms with Gasteiger partial charge in [-0.25, -0.2) is 14.0 Å². The van der Waals surface area contributed by atoms with Crippen molar-refractivity contribution in [3.8, 4) is 5.88 Å². The van der Waals surface area contributed by atoms with Crippen molar-refractivity contribution >= 4 is 18.0 Å². The van der Waals surface area contributed by atoms with Crippen molar-refractivity contribution in [2.75, 3.05) is 37.7 Å². The first-order chi connectivity index (χ1) is 15.0. The van der Waals surface area contributed by atoms with Gasteiger partial charge in [0.25, 0.3) is 0 Å². The van der Waals surface area contributed by atoms with Crippen molar-refractivity contribution in [3.63, 3.8) is 0 Å². The number of ether oxygens (including phenoxy) is 2. The molecule has 10 heteroatoms. The Balaban J connectivity index is 1.34. The van der Waals surface area contributed by atoms with Crippen LogP contribution in [0.25, 0.3) is 0 Å². The number of anilines is 1. The summed E-state index contributed by atoms with van der Waals surface area (Å²) in [7, 11) is 0. The largest absolute Gasteiger partial charge is 0.475 e. The second-order valence-corrected chi connectivity index (χ2v) is 7.43. The van der Waals surface area contributed by atoms with Gasteiger partial charge in [0.2, 0.25) is 5.88 Å². The summed E-state index contributed by atoms with van der Waals surface area (Å²) in [6, 6.07) is 10.3. The molecule has 1 saturated heterocycles. The molecule has 2 aliphatic heterocycles. The summed E-state index contributed by atoms with van der Waals surface area (Å²) < 4.78 is 25.6. The average molecular weight is 430 g/mol. The zero-order valence-corrected chi connectivity index (χ0v) is 16.8. The Kier molecular flexibility index (Phi) is 6.06. The van der Waals surface area contributed by atoms with E-state index in [1.807, 2.05) is 30.3 Å². The molecule has 3 heterocycles. The molecule has 0 aliphatic carbocycles. The number of carbonyl (C=O) groups is 2. The van der Waals surface area contributed by atoms with Crippen molar-refractivity contribution in [2.45, 2.75) is 19.1 Å². The van der Waals surface area contributed by atoms with E-state index in [4.69, 9.17) is 14.6 Å². The van der Waals surface area contributed by atoms with Crippen LogP contribution in [-0.4, -0.2) is 66.0 Å². The predicted octanol–water partition coefficient (Wildman–Crippen LogP) is 2.25. The maximum Gasteiger partial charge on any atom is 0.407 e. The van der Waals surface area contributed by atoms with Crippen LogP contribution in [0.1, 0.15) is 11.1 Å². The quantitative estimate of drug-likeness (QED) is 0.767. The number of piperazine rings is 1. The van der Waals surface area contributed by atoms with Crippen LogP contribution in [0, 0.1) is 5.82 Å². The number of alkyl carbamates (subject to hydrolysis) is 1. The van der Waals surface area contributed by atoms with E-state index in [1.165, 1.54) is 11.0 Å². The summed E-state index contributed by atoms with van der Waals surface area (Å²) in [6.45, 7) is 1.62. The maximum atomic E-state index is 14.7. The highest BCUT2D eigenvalue weighted by Gasteiger charge is 2.28. The summed E-state index contributed by atoms with van der Waals surface area (Å²) in [5, 5.41) is 11.8. The number of nitrogens with one attached hydrogen (secondary N) is 1. The standard InChI is InChI=1S/C21H23FN4O5/c22-17-11-15-10-16(23-20(27)31-12-14-4-2-1-3-5-14)13-30-19(15)24-18(17)25-6-8-26(9-7-25)21(28)29/h1-5,11,16H,6-10,12-13H2,(H,23,27)(H,28,29). The van der Waals surface area contributed by atoms with Crippen LogP contribution in [-0.2, 0) is 17.8 Å². The normalized spacial score (nSPS) is 18.0. The van der Waals surface area contributed by atoms with Crippen LogP contribution in [0.5, 0.6) is 5.88 Å². The lowest BCUT2D eigenvalue weighted by Crippen LogP contribution is -2.49. The number of amides is 2. The lowest BCUT2D eigenvalue weighted by Gasteiger charge is -2.34. The molecule has 2 amide bonds. The number of carboxylic acid groups (broad SMARTS) is 1. The summed E-state index contributed by atoms with van der Waals surface area (Å²) in [4.78, 5) is 30.4. The molecule has 2 N–H and O–H groups in total.